The van der Waals surface area contributed by atoms with E-state index in [-0.39, 0.29) is 6.10 Å². The Hall–Kier alpha value is -2.47. The van der Waals surface area contributed by atoms with Crippen LogP contribution in [0.15, 0.2) is 60.9 Å². The molecule has 0 saturated heterocycles. The quantitative estimate of drug-likeness (QED) is 0.158. The number of unbranched alkanes of at least 4 members (excludes halogenated alkanes) is 1. The number of hydrogen-bond acceptors (Lipinski definition) is 5. The molecule has 2 rings (SSSR count). The maximum Gasteiger partial charge on any atom is 0.144 e. The smallest absolute Gasteiger partial charge is 0.144 e. The average Bonchev–Trinajstić information content (AvgIpc) is 2.81. The van der Waals surface area contributed by atoms with E-state index in [2.05, 4.69) is 25.2 Å². The van der Waals surface area contributed by atoms with E-state index in [1.165, 1.54) is 0 Å². The van der Waals surface area contributed by atoms with Crippen LogP contribution in [0, 0.1) is 0 Å². The van der Waals surface area contributed by atoms with Gasteiger partial charge in [0, 0.05) is 35.5 Å². The molecule has 33 heavy (non-hydrogen) atoms. The number of halogens is 2. The summed E-state index contributed by atoms with van der Waals surface area (Å²) in [6.07, 6.45) is 7.46. The molecular formula is C26H32Cl2N2O3. The molecule has 0 fully saturated rings. The molecule has 7 heteroatoms. The summed E-state index contributed by atoms with van der Waals surface area (Å²) in [6, 6.07) is 9.42. The van der Waals surface area contributed by atoms with Crippen molar-refractivity contribution in [1.29, 1.82) is 0 Å². The van der Waals surface area contributed by atoms with Gasteiger partial charge in [0.25, 0.3) is 0 Å². The van der Waals surface area contributed by atoms with Gasteiger partial charge in [0.05, 0.1) is 7.11 Å². The molecule has 2 aromatic carbocycles. The number of hydrazone groups is 1. The Morgan fingerprint density at radius 3 is 2.42 bits per heavy atom. The Balaban J connectivity index is 2.25. The first-order valence-corrected chi connectivity index (χ1v) is 11.7. The van der Waals surface area contributed by atoms with E-state index in [0.717, 1.165) is 29.7 Å². The minimum Gasteiger partial charge on any atom is -0.494 e. The lowest BCUT2D eigenvalue weighted by atomic mass is 10.0. The SMILES string of the molecule is C=CC(COc1cc(Cl)c(Cc2ccc(OC)c(N(C=C)/N=C\CCC)c2)c(Cl)c1)OCC. The molecule has 0 saturated carbocycles. The second-order valence-corrected chi connectivity index (χ2v) is 8.02. The summed E-state index contributed by atoms with van der Waals surface area (Å²) in [4.78, 5) is 0. The fraction of sp³-hybridized carbons (Fsp3) is 0.346. The Labute approximate surface area is 207 Å². The maximum atomic E-state index is 6.58. The first kappa shape index (κ1) is 26.8. The molecule has 1 atom stereocenters. The molecule has 0 bridgehead atoms. The van der Waals surface area contributed by atoms with Gasteiger partial charge in [-0.15, -0.1) is 6.58 Å². The lowest BCUT2D eigenvalue weighted by Gasteiger charge is -2.19. The van der Waals surface area contributed by atoms with E-state index in [9.17, 15) is 0 Å². The Morgan fingerprint density at radius 2 is 1.85 bits per heavy atom. The van der Waals surface area contributed by atoms with Crippen molar-refractivity contribution in [2.24, 2.45) is 5.10 Å². The zero-order valence-electron chi connectivity index (χ0n) is 19.5. The summed E-state index contributed by atoms with van der Waals surface area (Å²) in [7, 11) is 1.63. The first-order valence-electron chi connectivity index (χ1n) is 10.9. The minimum atomic E-state index is -0.197. The lowest BCUT2D eigenvalue weighted by molar-refractivity contribution is 0.0590. The van der Waals surface area contributed by atoms with Crippen molar-refractivity contribution in [3.05, 3.63) is 76.9 Å². The number of benzene rings is 2. The molecule has 178 valence electrons. The van der Waals surface area contributed by atoms with Crippen LogP contribution in [0.2, 0.25) is 10.0 Å². The van der Waals surface area contributed by atoms with E-state index < -0.39 is 0 Å². The van der Waals surface area contributed by atoms with E-state index in [4.69, 9.17) is 37.4 Å². The van der Waals surface area contributed by atoms with Crippen molar-refractivity contribution in [3.63, 3.8) is 0 Å². The summed E-state index contributed by atoms with van der Waals surface area (Å²) >= 11 is 13.2. The minimum absolute atomic E-state index is 0.197. The van der Waals surface area contributed by atoms with Crippen molar-refractivity contribution in [2.75, 3.05) is 25.3 Å². The number of ether oxygens (including phenoxy) is 3. The van der Waals surface area contributed by atoms with Crippen LogP contribution in [0.25, 0.3) is 0 Å². The summed E-state index contributed by atoms with van der Waals surface area (Å²) in [5, 5.41) is 7.25. The van der Waals surface area contributed by atoms with Crippen molar-refractivity contribution < 1.29 is 14.2 Å². The Bertz CT molecular complexity index is 940. The largest absolute Gasteiger partial charge is 0.494 e. The third-order valence-electron chi connectivity index (χ3n) is 4.84. The monoisotopic (exact) mass is 490 g/mol. The predicted octanol–water partition coefficient (Wildman–Crippen LogP) is 7.30. The molecule has 0 N–H and O–H groups in total. The van der Waals surface area contributed by atoms with Gasteiger partial charge in [-0.25, -0.2) is 5.01 Å². The maximum absolute atomic E-state index is 6.58. The second kappa shape index (κ2) is 13.9. The molecule has 5 nitrogen and oxygen atoms in total. The summed E-state index contributed by atoms with van der Waals surface area (Å²) in [6.45, 7) is 12.6. The van der Waals surface area contributed by atoms with Crippen LogP contribution in [-0.4, -0.2) is 32.6 Å². The van der Waals surface area contributed by atoms with Crippen LogP contribution >= 0.6 is 23.2 Å². The molecule has 0 heterocycles. The molecule has 2 aromatic rings. The van der Waals surface area contributed by atoms with Gasteiger partial charge in [0.2, 0.25) is 0 Å². The fourth-order valence-corrected chi connectivity index (χ4v) is 3.72. The van der Waals surface area contributed by atoms with Gasteiger partial charge in [-0.3, -0.25) is 0 Å². The van der Waals surface area contributed by atoms with Crippen LogP contribution in [0.4, 0.5) is 5.69 Å². The zero-order valence-corrected chi connectivity index (χ0v) is 21.0. The van der Waals surface area contributed by atoms with Crippen molar-refractivity contribution >= 4 is 35.1 Å². The van der Waals surface area contributed by atoms with Crippen molar-refractivity contribution in [1.82, 2.24) is 0 Å². The standard InChI is InChI=1S/C26H32Cl2N2O3/c1-6-10-13-29-30(8-3)25-15-19(11-12-26(25)31-5)14-22-23(27)16-21(17-24(22)28)33-18-20(7-2)32-9-4/h7-8,11-13,15-17,20H,2-3,6,9-10,14,18H2,1,4-5H3/b29-13-. The molecule has 0 aliphatic rings. The van der Waals surface area contributed by atoms with Gasteiger partial charge in [-0.2, -0.15) is 5.10 Å². The molecule has 0 aliphatic carbocycles. The molecule has 0 aromatic heterocycles. The van der Waals surface area contributed by atoms with Crippen LogP contribution in [0.5, 0.6) is 11.5 Å². The lowest BCUT2D eigenvalue weighted by Crippen LogP contribution is -2.19. The predicted molar refractivity (Wildman–Crippen MR) is 139 cm³/mol. The van der Waals surface area contributed by atoms with Gasteiger partial charge >= 0.3 is 0 Å². The van der Waals surface area contributed by atoms with Gasteiger partial charge in [-0.05, 0) is 48.7 Å². The van der Waals surface area contributed by atoms with E-state index >= 15 is 0 Å². The molecular weight excluding hydrogens is 459 g/mol. The highest BCUT2D eigenvalue weighted by molar-refractivity contribution is 6.36. The molecule has 0 aliphatic heterocycles. The van der Waals surface area contributed by atoms with Crippen molar-refractivity contribution in [2.45, 2.75) is 39.2 Å². The number of anilines is 1. The summed E-state index contributed by atoms with van der Waals surface area (Å²) in [5.74, 6) is 1.28. The fourth-order valence-electron chi connectivity index (χ4n) is 3.12. The highest BCUT2D eigenvalue weighted by Crippen LogP contribution is 2.35. The van der Waals surface area contributed by atoms with Gasteiger partial charge in [0.1, 0.15) is 29.9 Å². The highest BCUT2D eigenvalue weighted by atomic mass is 35.5. The molecule has 0 spiro atoms. The van der Waals surface area contributed by atoms with Crippen LogP contribution in [0.1, 0.15) is 37.8 Å². The zero-order chi connectivity index (χ0) is 24.2. The number of rotatable bonds is 14. The topological polar surface area (TPSA) is 43.3 Å². The summed E-state index contributed by atoms with van der Waals surface area (Å²) in [5.41, 5.74) is 2.60. The molecule has 0 radical (unpaired) electrons. The number of methoxy groups -OCH3 is 1. The first-order chi connectivity index (χ1) is 16.0. The molecule has 1 unspecified atom stereocenters. The Morgan fingerprint density at radius 1 is 1.12 bits per heavy atom. The van der Waals surface area contributed by atoms with Crippen molar-refractivity contribution in [3.8, 4) is 11.5 Å². The second-order valence-electron chi connectivity index (χ2n) is 7.20. The van der Waals surface area contributed by atoms with Gasteiger partial charge < -0.3 is 14.2 Å². The van der Waals surface area contributed by atoms with Gasteiger partial charge in [-0.1, -0.05) is 55.3 Å². The van der Waals surface area contributed by atoms with Crippen LogP contribution in [0.3, 0.4) is 0 Å². The Kier molecular flexibility index (Phi) is 11.3. The van der Waals surface area contributed by atoms with Crippen LogP contribution in [-0.2, 0) is 11.2 Å². The molecule has 0 amide bonds. The van der Waals surface area contributed by atoms with E-state index in [1.54, 1.807) is 36.5 Å². The number of nitrogens with zero attached hydrogens (tertiary/aromatic N) is 2. The third kappa shape index (κ3) is 7.81. The average molecular weight is 491 g/mol. The normalized spacial score (nSPS) is 11.9. The van der Waals surface area contributed by atoms with Crippen LogP contribution < -0.4 is 14.5 Å². The van der Waals surface area contributed by atoms with Gasteiger partial charge in [0.15, 0.2) is 0 Å². The highest BCUT2D eigenvalue weighted by Gasteiger charge is 2.15. The van der Waals surface area contributed by atoms with E-state index in [0.29, 0.717) is 41.2 Å². The summed E-state index contributed by atoms with van der Waals surface area (Å²) < 4.78 is 16.9. The van der Waals surface area contributed by atoms with E-state index in [1.807, 2.05) is 31.3 Å². The number of hydrogen-bond donors (Lipinski definition) is 0. The third-order valence-corrected chi connectivity index (χ3v) is 5.51.